The third-order valence-electron chi connectivity index (χ3n) is 3.25. The molecule has 1 atom stereocenters. The molecule has 0 unspecified atom stereocenters. The molecular weight excluding hydrogens is 276 g/mol. The fourth-order valence-electron chi connectivity index (χ4n) is 2.05. The molecule has 21 heavy (non-hydrogen) atoms. The van der Waals surface area contributed by atoms with Crippen molar-refractivity contribution in [2.45, 2.75) is 19.5 Å². The van der Waals surface area contributed by atoms with E-state index in [0.29, 0.717) is 17.7 Å². The van der Waals surface area contributed by atoms with Crippen LogP contribution in [0, 0.1) is 11.6 Å². The molecule has 0 aliphatic heterocycles. The van der Waals surface area contributed by atoms with Gasteiger partial charge in [0.1, 0.15) is 11.6 Å². The Kier molecular flexibility index (Phi) is 4.65. The fourth-order valence-corrected chi connectivity index (χ4v) is 2.05. The number of rotatable bonds is 5. The highest BCUT2D eigenvalue weighted by atomic mass is 19.1. The van der Waals surface area contributed by atoms with Crippen LogP contribution in [0.5, 0.6) is 0 Å². The lowest BCUT2D eigenvalue weighted by molar-refractivity contribution is 0.0692. The Morgan fingerprint density at radius 2 is 1.90 bits per heavy atom. The second kappa shape index (κ2) is 6.45. The van der Waals surface area contributed by atoms with E-state index >= 15 is 0 Å². The van der Waals surface area contributed by atoms with Gasteiger partial charge in [-0.25, -0.2) is 13.6 Å². The van der Waals surface area contributed by atoms with Gasteiger partial charge in [-0.2, -0.15) is 0 Å². The Morgan fingerprint density at radius 1 is 1.19 bits per heavy atom. The van der Waals surface area contributed by atoms with E-state index in [1.807, 2.05) is 0 Å². The molecule has 2 N–H and O–H groups in total. The Hall–Kier alpha value is -2.27. The zero-order chi connectivity index (χ0) is 15.4. The number of halogens is 2. The van der Waals surface area contributed by atoms with Crippen molar-refractivity contribution >= 4 is 5.97 Å². The van der Waals surface area contributed by atoms with Crippen LogP contribution in [0.15, 0.2) is 42.5 Å². The minimum Gasteiger partial charge on any atom is -0.478 e. The maximum absolute atomic E-state index is 13.6. The molecule has 0 spiro atoms. The van der Waals surface area contributed by atoms with E-state index in [1.165, 1.54) is 24.3 Å². The summed E-state index contributed by atoms with van der Waals surface area (Å²) in [5.74, 6) is -2.38. The third kappa shape index (κ3) is 3.64. The summed E-state index contributed by atoms with van der Waals surface area (Å²) in [5.41, 5.74) is 0.765. The van der Waals surface area contributed by atoms with Crippen molar-refractivity contribution in [1.29, 1.82) is 0 Å². The van der Waals surface area contributed by atoms with Crippen molar-refractivity contribution in [3.05, 3.63) is 70.8 Å². The lowest BCUT2D eigenvalue weighted by Gasteiger charge is -2.15. The Balaban J connectivity index is 2.05. The number of benzene rings is 2. The summed E-state index contributed by atoms with van der Waals surface area (Å²) in [4.78, 5) is 10.7. The Morgan fingerprint density at radius 3 is 2.52 bits per heavy atom. The molecule has 0 saturated carbocycles. The topological polar surface area (TPSA) is 49.3 Å². The average molecular weight is 291 g/mol. The summed E-state index contributed by atoms with van der Waals surface area (Å²) in [5, 5.41) is 11.8. The third-order valence-corrected chi connectivity index (χ3v) is 3.25. The van der Waals surface area contributed by atoms with E-state index in [-0.39, 0.29) is 17.4 Å². The van der Waals surface area contributed by atoms with Crippen molar-refractivity contribution in [2.24, 2.45) is 0 Å². The average Bonchev–Trinajstić information content (AvgIpc) is 2.45. The van der Waals surface area contributed by atoms with Crippen LogP contribution >= 0.6 is 0 Å². The number of carboxylic acids is 1. The molecule has 0 aromatic heterocycles. The molecule has 0 saturated heterocycles. The van der Waals surface area contributed by atoms with Gasteiger partial charge in [-0.15, -0.1) is 0 Å². The van der Waals surface area contributed by atoms with E-state index < -0.39 is 11.8 Å². The van der Waals surface area contributed by atoms with Crippen molar-refractivity contribution in [2.75, 3.05) is 0 Å². The molecular formula is C16H15F2NO2. The van der Waals surface area contributed by atoms with Crippen molar-refractivity contribution in [3.8, 4) is 0 Å². The summed E-state index contributed by atoms with van der Waals surface area (Å²) >= 11 is 0. The number of carboxylic acid groups (broad SMARTS) is 1. The molecule has 2 rings (SSSR count). The number of nitrogens with one attached hydrogen (secondary N) is 1. The lowest BCUT2D eigenvalue weighted by atomic mass is 10.1. The monoisotopic (exact) mass is 291 g/mol. The van der Waals surface area contributed by atoms with E-state index in [2.05, 4.69) is 5.32 Å². The molecule has 0 aliphatic carbocycles. The van der Waals surface area contributed by atoms with Gasteiger partial charge in [-0.3, -0.25) is 0 Å². The van der Waals surface area contributed by atoms with Gasteiger partial charge in [0.05, 0.1) is 5.56 Å². The first kappa shape index (κ1) is 15.1. The first-order valence-corrected chi connectivity index (χ1v) is 6.48. The molecule has 0 fully saturated rings. The van der Waals surface area contributed by atoms with Gasteiger partial charge in [-0.05, 0) is 30.7 Å². The second-order valence-corrected chi connectivity index (χ2v) is 4.74. The van der Waals surface area contributed by atoms with Crippen LogP contribution in [-0.2, 0) is 6.54 Å². The number of aromatic carboxylic acids is 1. The first-order valence-electron chi connectivity index (χ1n) is 6.48. The van der Waals surface area contributed by atoms with E-state index in [0.717, 1.165) is 0 Å². The number of hydrogen-bond acceptors (Lipinski definition) is 2. The van der Waals surface area contributed by atoms with Crippen LogP contribution in [0.1, 0.15) is 34.5 Å². The molecule has 2 aromatic rings. The number of carbonyl (C=O) groups is 1. The molecule has 110 valence electrons. The number of hydrogen-bond donors (Lipinski definition) is 2. The summed E-state index contributed by atoms with van der Waals surface area (Å²) < 4.78 is 27.2. The fraction of sp³-hybridized carbons (Fsp3) is 0.188. The highest BCUT2D eigenvalue weighted by Gasteiger charge is 2.12. The largest absolute Gasteiger partial charge is 0.478 e. The molecule has 5 heteroatoms. The summed E-state index contributed by atoms with van der Waals surface area (Å²) in [6.45, 7) is 2.12. The predicted molar refractivity (Wildman–Crippen MR) is 75.0 cm³/mol. The minimum absolute atomic E-state index is 0.242. The Bertz CT molecular complexity index is 658. The van der Waals surface area contributed by atoms with Crippen LogP contribution in [-0.4, -0.2) is 11.1 Å². The van der Waals surface area contributed by atoms with Crippen LogP contribution < -0.4 is 5.32 Å². The van der Waals surface area contributed by atoms with Gasteiger partial charge in [0.2, 0.25) is 0 Å². The quantitative estimate of drug-likeness (QED) is 0.886. The normalized spacial score (nSPS) is 12.1. The van der Waals surface area contributed by atoms with E-state index in [9.17, 15) is 13.6 Å². The lowest BCUT2D eigenvalue weighted by Crippen LogP contribution is -2.19. The first-order chi connectivity index (χ1) is 9.99. The standard InChI is InChI=1S/C16H15F2NO2/c1-10(12-4-2-3-5-14(12)17)19-9-11-6-7-13(16(20)21)15(18)8-11/h2-8,10,19H,9H2,1H3,(H,20,21)/t10-/m1/s1. The molecule has 2 aromatic carbocycles. The van der Waals surface area contributed by atoms with Gasteiger partial charge in [0.15, 0.2) is 0 Å². The van der Waals surface area contributed by atoms with E-state index in [4.69, 9.17) is 5.11 Å². The van der Waals surface area contributed by atoms with Gasteiger partial charge in [0.25, 0.3) is 0 Å². The maximum Gasteiger partial charge on any atom is 0.338 e. The molecule has 0 amide bonds. The zero-order valence-corrected chi connectivity index (χ0v) is 11.4. The predicted octanol–water partition coefficient (Wildman–Crippen LogP) is 3.51. The van der Waals surface area contributed by atoms with Crippen LogP contribution in [0.3, 0.4) is 0 Å². The van der Waals surface area contributed by atoms with Gasteiger partial charge < -0.3 is 10.4 Å². The van der Waals surface area contributed by atoms with Crippen molar-refractivity contribution in [3.63, 3.8) is 0 Å². The van der Waals surface area contributed by atoms with Gasteiger partial charge >= 0.3 is 5.97 Å². The van der Waals surface area contributed by atoms with Crippen molar-refractivity contribution in [1.82, 2.24) is 5.32 Å². The Labute approximate surface area is 121 Å². The summed E-state index contributed by atoms with van der Waals surface area (Å²) in [6.07, 6.45) is 0. The highest BCUT2D eigenvalue weighted by molar-refractivity contribution is 5.87. The van der Waals surface area contributed by atoms with Crippen LogP contribution in [0.25, 0.3) is 0 Å². The second-order valence-electron chi connectivity index (χ2n) is 4.74. The zero-order valence-electron chi connectivity index (χ0n) is 11.4. The molecule has 0 radical (unpaired) electrons. The summed E-state index contributed by atoms with van der Waals surface area (Å²) in [7, 11) is 0. The van der Waals surface area contributed by atoms with Crippen molar-refractivity contribution < 1.29 is 18.7 Å². The minimum atomic E-state index is -1.30. The van der Waals surface area contributed by atoms with E-state index in [1.54, 1.807) is 25.1 Å². The van der Waals surface area contributed by atoms with Crippen LogP contribution in [0.2, 0.25) is 0 Å². The smallest absolute Gasteiger partial charge is 0.338 e. The van der Waals surface area contributed by atoms with Gasteiger partial charge in [0, 0.05) is 18.2 Å². The van der Waals surface area contributed by atoms with Gasteiger partial charge in [-0.1, -0.05) is 24.3 Å². The molecule has 3 nitrogen and oxygen atoms in total. The molecule has 0 heterocycles. The maximum atomic E-state index is 13.6. The highest BCUT2D eigenvalue weighted by Crippen LogP contribution is 2.17. The van der Waals surface area contributed by atoms with Crippen LogP contribution in [0.4, 0.5) is 8.78 Å². The molecule has 0 bridgehead atoms. The summed E-state index contributed by atoms with van der Waals surface area (Å²) in [6, 6.07) is 10.1. The molecule has 0 aliphatic rings. The SMILES string of the molecule is C[C@@H](NCc1ccc(C(=O)O)c(F)c1)c1ccccc1F.